The van der Waals surface area contributed by atoms with E-state index in [1.54, 1.807) is 11.8 Å². The third kappa shape index (κ3) is 3.85. The van der Waals surface area contributed by atoms with Crippen LogP contribution in [-0.4, -0.2) is 51.8 Å². The first-order chi connectivity index (χ1) is 10.7. The predicted octanol–water partition coefficient (Wildman–Crippen LogP) is 2.91. The molecule has 1 saturated heterocycles. The van der Waals surface area contributed by atoms with E-state index in [2.05, 4.69) is 13.8 Å². The molecule has 1 N–H and O–H groups in total. The Kier molecular flexibility index (Phi) is 5.67. The summed E-state index contributed by atoms with van der Waals surface area (Å²) in [5, 5.41) is 10.6. The van der Waals surface area contributed by atoms with E-state index in [0.29, 0.717) is 12.3 Å². The van der Waals surface area contributed by atoms with Gasteiger partial charge in [-0.05, 0) is 29.9 Å². The zero-order chi connectivity index (χ0) is 17.4. The predicted molar refractivity (Wildman–Crippen MR) is 91.3 cm³/mol. The average molecular weight is 343 g/mol. The molecule has 23 heavy (non-hydrogen) atoms. The number of ether oxygens (including phenoxy) is 1. The molecule has 2 fully saturated rings. The molecule has 5 nitrogen and oxygen atoms in total. The van der Waals surface area contributed by atoms with Gasteiger partial charge in [0.2, 0.25) is 5.91 Å². The van der Waals surface area contributed by atoms with Crippen LogP contribution in [0.15, 0.2) is 0 Å². The average Bonchev–Trinajstić information content (AvgIpc) is 2.79. The Morgan fingerprint density at radius 3 is 2.61 bits per heavy atom. The molecule has 2 rings (SSSR count). The Hall–Kier alpha value is -0.750. The summed E-state index contributed by atoms with van der Waals surface area (Å²) in [5.41, 5.74) is -0.248. The van der Waals surface area contributed by atoms with Gasteiger partial charge in [0.1, 0.15) is 6.61 Å². The van der Waals surface area contributed by atoms with Gasteiger partial charge in [0.25, 0.3) is 0 Å². The molecule has 0 aromatic carbocycles. The van der Waals surface area contributed by atoms with E-state index in [1.807, 2.05) is 20.8 Å². The fourth-order valence-corrected chi connectivity index (χ4v) is 5.02. The van der Waals surface area contributed by atoms with E-state index in [9.17, 15) is 14.7 Å². The van der Waals surface area contributed by atoms with Gasteiger partial charge in [0.05, 0.1) is 18.1 Å². The molecule has 1 aliphatic carbocycles. The molecule has 5 atom stereocenters. The minimum Gasteiger partial charge on any atom is -0.447 e. The lowest BCUT2D eigenvalue weighted by atomic mass is 9.78. The van der Waals surface area contributed by atoms with Crippen molar-refractivity contribution in [2.24, 2.45) is 17.3 Å². The molecule has 0 spiro atoms. The van der Waals surface area contributed by atoms with Gasteiger partial charge >= 0.3 is 6.09 Å². The number of aliphatic hydroxyl groups excluding tert-OH is 1. The molecule has 0 aromatic rings. The maximum atomic E-state index is 13.1. The highest BCUT2D eigenvalue weighted by Gasteiger charge is 2.50. The van der Waals surface area contributed by atoms with E-state index in [-0.39, 0.29) is 29.2 Å². The minimum atomic E-state index is -0.690. The monoisotopic (exact) mass is 343 g/mol. The quantitative estimate of drug-likeness (QED) is 0.853. The number of rotatable bonds is 3. The molecule has 0 bridgehead atoms. The van der Waals surface area contributed by atoms with E-state index in [1.165, 1.54) is 4.90 Å². The number of hydrogen-bond donors (Lipinski definition) is 1. The van der Waals surface area contributed by atoms with Crippen molar-refractivity contribution in [1.29, 1.82) is 0 Å². The second-order valence-electron chi connectivity index (χ2n) is 7.83. The van der Waals surface area contributed by atoms with Gasteiger partial charge in [-0.25, -0.2) is 9.69 Å². The zero-order valence-corrected chi connectivity index (χ0v) is 15.6. The topological polar surface area (TPSA) is 66.8 Å². The summed E-state index contributed by atoms with van der Waals surface area (Å²) in [6.07, 6.45) is 0.250. The summed E-state index contributed by atoms with van der Waals surface area (Å²) < 4.78 is 5.15. The number of carbonyl (C=O) groups is 2. The van der Waals surface area contributed by atoms with Crippen LogP contribution >= 0.6 is 11.8 Å². The third-order valence-corrected chi connectivity index (χ3v) is 6.12. The van der Waals surface area contributed by atoms with E-state index in [4.69, 9.17) is 4.74 Å². The van der Waals surface area contributed by atoms with Gasteiger partial charge < -0.3 is 9.84 Å². The summed E-state index contributed by atoms with van der Waals surface area (Å²) in [6.45, 7) is 10.4. The molecule has 2 aliphatic rings. The summed E-state index contributed by atoms with van der Waals surface area (Å²) in [5.74, 6) is 0.493. The molecule has 6 heteroatoms. The Bertz CT molecular complexity index is 462. The SMILES string of the molecule is CCS[C@@H]1C[C@H](C)C[C@@H](O)[C@H]1C(=O)N1C(=O)OC[C@@H]1C(C)(C)C. The standard InChI is InChI=1S/C17H29NO4S/c1-6-23-12-8-10(2)7-11(19)14(12)15(20)18-13(17(3,4)5)9-22-16(18)21/h10-14,19H,6-9H2,1-5H3/t10-,11-,12-,13-,14-/m1/s1. The van der Waals surface area contributed by atoms with Crippen molar-refractivity contribution in [1.82, 2.24) is 4.90 Å². The second kappa shape index (κ2) is 7.01. The van der Waals surface area contributed by atoms with Crippen LogP contribution in [0.1, 0.15) is 47.5 Å². The molecule has 1 saturated carbocycles. The molecule has 0 radical (unpaired) electrons. The molecule has 2 amide bonds. The van der Waals surface area contributed by atoms with Crippen LogP contribution in [0.3, 0.4) is 0 Å². The van der Waals surface area contributed by atoms with Crippen LogP contribution in [0.4, 0.5) is 4.79 Å². The maximum Gasteiger partial charge on any atom is 0.417 e. The normalized spacial score (nSPS) is 35.3. The molecular weight excluding hydrogens is 314 g/mol. The Morgan fingerprint density at radius 1 is 1.39 bits per heavy atom. The van der Waals surface area contributed by atoms with Gasteiger partial charge in [0.15, 0.2) is 0 Å². The fourth-order valence-electron chi connectivity index (χ4n) is 3.62. The summed E-state index contributed by atoms with van der Waals surface area (Å²) in [6, 6.07) is -0.277. The van der Waals surface area contributed by atoms with Crippen LogP contribution in [0.5, 0.6) is 0 Å². The van der Waals surface area contributed by atoms with Crippen LogP contribution in [0.2, 0.25) is 0 Å². The van der Waals surface area contributed by atoms with Gasteiger partial charge in [0, 0.05) is 5.25 Å². The van der Waals surface area contributed by atoms with Crippen LogP contribution in [-0.2, 0) is 9.53 Å². The highest BCUT2D eigenvalue weighted by atomic mass is 32.2. The van der Waals surface area contributed by atoms with Crippen LogP contribution < -0.4 is 0 Å². The fraction of sp³-hybridized carbons (Fsp3) is 0.882. The van der Waals surface area contributed by atoms with Crippen LogP contribution in [0, 0.1) is 17.3 Å². The van der Waals surface area contributed by atoms with Crippen molar-refractivity contribution in [3.8, 4) is 0 Å². The lowest BCUT2D eigenvalue weighted by Crippen LogP contribution is -2.54. The maximum absolute atomic E-state index is 13.1. The van der Waals surface area contributed by atoms with Crippen molar-refractivity contribution in [3.63, 3.8) is 0 Å². The van der Waals surface area contributed by atoms with Gasteiger partial charge in [-0.3, -0.25) is 4.79 Å². The number of amides is 2. The van der Waals surface area contributed by atoms with Crippen molar-refractivity contribution in [3.05, 3.63) is 0 Å². The third-order valence-electron chi connectivity index (χ3n) is 4.87. The number of carbonyl (C=O) groups excluding carboxylic acids is 2. The molecule has 1 aliphatic heterocycles. The van der Waals surface area contributed by atoms with Crippen molar-refractivity contribution in [2.45, 2.75) is 64.9 Å². The summed E-state index contributed by atoms with van der Waals surface area (Å²) in [7, 11) is 0. The number of nitrogens with zero attached hydrogens (tertiary/aromatic N) is 1. The molecule has 1 heterocycles. The largest absolute Gasteiger partial charge is 0.447 e. The highest BCUT2D eigenvalue weighted by Crippen LogP contribution is 2.40. The first-order valence-electron chi connectivity index (χ1n) is 8.46. The van der Waals surface area contributed by atoms with Gasteiger partial charge in [-0.15, -0.1) is 0 Å². The minimum absolute atomic E-state index is 0.0558. The molecule has 132 valence electrons. The smallest absolute Gasteiger partial charge is 0.417 e. The molecule has 0 unspecified atom stereocenters. The van der Waals surface area contributed by atoms with Crippen LogP contribution in [0.25, 0.3) is 0 Å². The number of hydrogen-bond acceptors (Lipinski definition) is 5. The lowest BCUT2D eigenvalue weighted by Gasteiger charge is -2.40. The Labute approximate surface area is 143 Å². The Balaban J connectivity index is 2.26. The van der Waals surface area contributed by atoms with E-state index in [0.717, 1.165) is 12.2 Å². The number of cyclic esters (lactones) is 1. The number of aliphatic hydroxyl groups is 1. The van der Waals surface area contributed by atoms with Crippen molar-refractivity contribution < 1.29 is 19.4 Å². The highest BCUT2D eigenvalue weighted by molar-refractivity contribution is 7.99. The Morgan fingerprint density at radius 2 is 2.04 bits per heavy atom. The first kappa shape index (κ1) is 18.6. The first-order valence-corrected chi connectivity index (χ1v) is 9.51. The number of imide groups is 1. The zero-order valence-electron chi connectivity index (χ0n) is 14.7. The molecule has 0 aromatic heterocycles. The second-order valence-corrected chi connectivity index (χ2v) is 9.35. The van der Waals surface area contributed by atoms with Gasteiger partial charge in [-0.2, -0.15) is 11.8 Å². The summed E-state index contributed by atoms with van der Waals surface area (Å²) >= 11 is 1.71. The van der Waals surface area contributed by atoms with Gasteiger partial charge in [-0.1, -0.05) is 34.6 Å². The summed E-state index contributed by atoms with van der Waals surface area (Å²) in [4.78, 5) is 26.5. The van der Waals surface area contributed by atoms with Crippen molar-refractivity contribution in [2.75, 3.05) is 12.4 Å². The van der Waals surface area contributed by atoms with Crippen molar-refractivity contribution >= 4 is 23.8 Å². The lowest BCUT2D eigenvalue weighted by molar-refractivity contribution is -0.140. The number of thioether (sulfide) groups is 1. The van der Waals surface area contributed by atoms with E-state index < -0.39 is 18.1 Å². The molecular formula is C17H29NO4S. The van der Waals surface area contributed by atoms with E-state index >= 15 is 0 Å².